The van der Waals surface area contributed by atoms with E-state index in [0.29, 0.717) is 48.0 Å². The third kappa shape index (κ3) is 6.29. The van der Waals surface area contributed by atoms with E-state index in [0.717, 1.165) is 43.1 Å². The minimum Gasteiger partial charge on any atom is -0.490 e. The molecule has 8 rings (SSSR count). The summed E-state index contributed by atoms with van der Waals surface area (Å²) in [5, 5.41) is 4.20. The summed E-state index contributed by atoms with van der Waals surface area (Å²) in [6.07, 6.45) is 12.1. The zero-order chi connectivity index (χ0) is 35.7. The molecule has 3 aromatic rings. The lowest BCUT2D eigenvalue weighted by molar-refractivity contribution is 0.0131. The molecular formula is C39H46ClN5O5S. The monoisotopic (exact) mass is 731 g/mol. The molecular weight excluding hydrogens is 686 g/mol. The van der Waals surface area contributed by atoms with Crippen molar-refractivity contribution < 1.29 is 23.3 Å². The van der Waals surface area contributed by atoms with Gasteiger partial charge in [-0.05, 0) is 110 Å². The van der Waals surface area contributed by atoms with E-state index in [4.69, 9.17) is 21.1 Å². The van der Waals surface area contributed by atoms with Gasteiger partial charge >= 0.3 is 0 Å². The number of methoxy groups -OCH3 is 1. The number of benzene rings is 2. The Morgan fingerprint density at radius 1 is 1.16 bits per heavy atom. The molecule has 5 aliphatic rings. The van der Waals surface area contributed by atoms with Crippen LogP contribution < -0.4 is 14.4 Å². The fourth-order valence-corrected chi connectivity index (χ4v) is 11.0. The van der Waals surface area contributed by atoms with Gasteiger partial charge in [-0.25, -0.2) is 4.21 Å². The van der Waals surface area contributed by atoms with E-state index < -0.39 is 27.0 Å². The van der Waals surface area contributed by atoms with Gasteiger partial charge in [-0.3, -0.25) is 19.0 Å². The van der Waals surface area contributed by atoms with Gasteiger partial charge in [0.1, 0.15) is 15.7 Å². The Balaban J connectivity index is 1.22. The van der Waals surface area contributed by atoms with Crippen LogP contribution in [0.2, 0.25) is 5.02 Å². The third-order valence-corrected chi connectivity index (χ3v) is 14.9. The van der Waals surface area contributed by atoms with E-state index in [2.05, 4.69) is 43.4 Å². The van der Waals surface area contributed by atoms with Crippen molar-refractivity contribution in [3.8, 4) is 5.75 Å². The van der Waals surface area contributed by atoms with Gasteiger partial charge in [-0.15, -0.1) is 4.36 Å². The molecule has 3 aliphatic carbocycles. The first-order valence-corrected chi connectivity index (χ1v) is 20.0. The summed E-state index contributed by atoms with van der Waals surface area (Å²) < 4.78 is 36.1. The molecule has 0 saturated heterocycles. The van der Waals surface area contributed by atoms with Gasteiger partial charge in [0.25, 0.3) is 11.8 Å². The molecule has 2 aliphatic heterocycles. The lowest BCUT2D eigenvalue weighted by atomic mass is 9.68. The van der Waals surface area contributed by atoms with Crippen molar-refractivity contribution in [1.82, 2.24) is 14.5 Å². The van der Waals surface area contributed by atoms with Crippen molar-refractivity contribution >= 4 is 39.0 Å². The Hall–Kier alpha value is -3.67. The molecule has 1 N–H and O–H groups in total. The minimum absolute atomic E-state index is 0.0622. The van der Waals surface area contributed by atoms with E-state index in [9.17, 15) is 13.8 Å². The molecule has 51 heavy (non-hydrogen) atoms. The molecule has 9 atom stereocenters. The maximum atomic E-state index is 14.8. The van der Waals surface area contributed by atoms with Crippen LogP contribution in [0, 0.1) is 23.7 Å². The topological polar surface area (TPSA) is 115 Å². The van der Waals surface area contributed by atoms with Crippen molar-refractivity contribution in [2.45, 2.75) is 68.6 Å². The van der Waals surface area contributed by atoms with Gasteiger partial charge in [0.2, 0.25) is 0 Å². The molecule has 2 amide bonds. The standard InChI is InChI=1S/C39H46ClN5O5S/c1-23-6-5-7-35(49-4)30-11-8-26(30)20-45-21-39(17-27-14-31(27)32-16-29(40)10-12-33(32)39)22-50-36-13-9-25(15-34(36)45)37(46)42-51(48,24(23)2)43-38(47)28-18-41-44(3)19-28/h5,7,9-10,12-13,15-16,18-19,23-24,26-27,30-31,35H,6,8,11,14,17,20-22H2,1-4H3,(H,42,43,46,47,48)/b7-5-/t23-,24+,26-,27-,30+,31-,35-,39-,51?/m0/s1. The van der Waals surface area contributed by atoms with Gasteiger partial charge in [-0.2, -0.15) is 5.10 Å². The number of fused-ring (bicyclic) bond motifs is 6. The van der Waals surface area contributed by atoms with Gasteiger partial charge in [-0.1, -0.05) is 36.7 Å². The molecule has 1 unspecified atom stereocenters. The molecule has 2 bridgehead atoms. The average molecular weight is 732 g/mol. The third-order valence-electron chi connectivity index (χ3n) is 12.3. The highest BCUT2D eigenvalue weighted by Crippen LogP contribution is 2.61. The van der Waals surface area contributed by atoms with Crippen LogP contribution in [-0.2, 0) is 27.1 Å². The summed E-state index contributed by atoms with van der Waals surface area (Å²) in [6, 6.07) is 11.7. The predicted octanol–water partition coefficient (Wildman–Crippen LogP) is 6.70. The fourth-order valence-electron chi connectivity index (χ4n) is 8.94. The van der Waals surface area contributed by atoms with E-state index >= 15 is 0 Å². The van der Waals surface area contributed by atoms with Crippen LogP contribution in [0.5, 0.6) is 5.75 Å². The smallest absolute Gasteiger partial charge is 0.286 e. The number of amides is 2. The van der Waals surface area contributed by atoms with Crippen LogP contribution in [0.1, 0.15) is 83.7 Å². The van der Waals surface area contributed by atoms with E-state index in [-0.39, 0.29) is 23.0 Å². The number of nitrogens with one attached hydrogen (secondary N) is 1. The van der Waals surface area contributed by atoms with Crippen LogP contribution in [0.4, 0.5) is 5.69 Å². The summed E-state index contributed by atoms with van der Waals surface area (Å²) in [5.74, 6) is 1.18. The van der Waals surface area contributed by atoms with Crippen LogP contribution >= 0.6 is 11.6 Å². The minimum atomic E-state index is -3.59. The van der Waals surface area contributed by atoms with E-state index in [1.54, 1.807) is 33.3 Å². The molecule has 1 aromatic heterocycles. The maximum Gasteiger partial charge on any atom is 0.286 e. The second-order valence-electron chi connectivity index (χ2n) is 15.5. The quantitative estimate of drug-likeness (QED) is 0.299. The maximum absolute atomic E-state index is 14.8. The first-order chi connectivity index (χ1) is 24.5. The second kappa shape index (κ2) is 13.1. The lowest BCUT2D eigenvalue weighted by Gasteiger charge is -2.46. The molecule has 1 spiro atoms. The fraction of sp³-hybridized carbons (Fsp3) is 0.513. The van der Waals surface area contributed by atoms with E-state index in [1.807, 2.05) is 25.1 Å². The summed E-state index contributed by atoms with van der Waals surface area (Å²) in [6.45, 7) is 5.79. The summed E-state index contributed by atoms with van der Waals surface area (Å²) in [5.41, 5.74) is 3.77. The first-order valence-electron chi connectivity index (χ1n) is 18.1. The van der Waals surface area contributed by atoms with Crippen LogP contribution in [0.15, 0.2) is 65.3 Å². The van der Waals surface area contributed by atoms with Gasteiger partial charge < -0.3 is 14.4 Å². The number of hydrogen-bond acceptors (Lipinski definition) is 7. The number of aryl methyl sites for hydroxylation is 1. The number of carbonyl (C=O) groups excluding carboxylic acids is 2. The summed E-state index contributed by atoms with van der Waals surface area (Å²) in [4.78, 5) is 29.9. The molecule has 0 radical (unpaired) electrons. The van der Waals surface area contributed by atoms with Crippen LogP contribution in [0.25, 0.3) is 0 Å². The Bertz CT molecular complexity index is 2040. The van der Waals surface area contributed by atoms with Crippen molar-refractivity contribution in [1.29, 1.82) is 0 Å². The number of allylic oxidation sites excluding steroid dienone is 1. The highest BCUT2D eigenvalue weighted by atomic mass is 35.5. The largest absolute Gasteiger partial charge is 0.490 e. The molecule has 270 valence electrons. The van der Waals surface area contributed by atoms with Crippen molar-refractivity contribution in [2.75, 3.05) is 31.7 Å². The van der Waals surface area contributed by atoms with Gasteiger partial charge in [0, 0.05) is 49.4 Å². The van der Waals surface area contributed by atoms with E-state index in [1.165, 1.54) is 28.4 Å². The Labute approximate surface area is 305 Å². The average Bonchev–Trinajstić information content (AvgIpc) is 3.78. The second-order valence-corrected chi connectivity index (χ2v) is 18.2. The number of nitrogens with zero attached hydrogens (tertiary/aromatic N) is 4. The normalized spacial score (nSPS) is 34.8. The molecule has 10 nitrogen and oxygen atoms in total. The molecule has 12 heteroatoms. The first kappa shape index (κ1) is 34.4. The zero-order valence-corrected chi connectivity index (χ0v) is 31.2. The summed E-state index contributed by atoms with van der Waals surface area (Å²) in [7, 11) is -0.123. The molecule has 3 heterocycles. The van der Waals surface area contributed by atoms with Crippen LogP contribution in [0.3, 0.4) is 0 Å². The number of carbonyl (C=O) groups is 2. The number of rotatable bonds is 3. The SMILES string of the molecule is CO[C@H]1/C=C\C[C@H](C)[C@@H](C)S(=O)(NC(=O)c2cnn(C)c2)=NC(=O)c2ccc3c(c2)N(C[C@@H]2CC[C@H]21)C[C@]1(CO3)C[C@@H]2C[C@@H]2c2cc(Cl)ccc21. The number of anilines is 1. The van der Waals surface area contributed by atoms with Gasteiger partial charge in [0.15, 0.2) is 0 Å². The predicted molar refractivity (Wildman–Crippen MR) is 198 cm³/mol. The van der Waals surface area contributed by atoms with Crippen LogP contribution in [-0.4, -0.2) is 64.0 Å². The zero-order valence-electron chi connectivity index (χ0n) is 29.6. The molecule has 2 fully saturated rings. The number of ether oxygens (including phenoxy) is 2. The number of hydrogen-bond donors (Lipinski definition) is 1. The lowest BCUT2D eigenvalue weighted by Crippen LogP contribution is -2.49. The molecule has 2 saturated carbocycles. The van der Waals surface area contributed by atoms with Crippen molar-refractivity contribution in [2.24, 2.45) is 35.1 Å². The Morgan fingerprint density at radius 2 is 2.00 bits per heavy atom. The van der Waals surface area contributed by atoms with Gasteiger partial charge in [0.05, 0.1) is 35.4 Å². The summed E-state index contributed by atoms with van der Waals surface area (Å²) >= 11 is 6.54. The Morgan fingerprint density at radius 3 is 2.75 bits per heavy atom. The highest BCUT2D eigenvalue weighted by molar-refractivity contribution is 7.93. The number of aromatic nitrogens is 2. The Kier molecular flexibility index (Phi) is 8.82. The van der Waals surface area contributed by atoms with Crippen molar-refractivity contribution in [3.63, 3.8) is 0 Å². The molecule has 2 aromatic carbocycles. The highest BCUT2D eigenvalue weighted by Gasteiger charge is 2.54. The van der Waals surface area contributed by atoms with Crippen molar-refractivity contribution in [3.05, 3.63) is 88.2 Å². The number of halogens is 1.